The summed E-state index contributed by atoms with van der Waals surface area (Å²) in [5, 5.41) is 9.14. The number of carboxylic acids is 1. The second kappa shape index (κ2) is 4.26. The molecule has 100 valence electrons. The van der Waals surface area contributed by atoms with Crippen LogP contribution in [0, 0.1) is 5.41 Å². The Balaban J connectivity index is 1.92. The van der Waals surface area contributed by atoms with Crippen molar-refractivity contribution in [2.45, 2.75) is 19.3 Å². The molecule has 0 amide bonds. The average Bonchev–Trinajstić information content (AvgIpc) is 3.21. The quantitative estimate of drug-likeness (QED) is 0.665. The molecular weight excluding hydrogens is 248 g/mol. The van der Waals surface area contributed by atoms with Crippen molar-refractivity contribution < 1.29 is 24.2 Å². The predicted octanol–water partition coefficient (Wildman–Crippen LogP) is 1.90. The fraction of sp³-hybridized carbons (Fsp3) is 0.429. The second-order valence-corrected chi connectivity index (χ2v) is 4.93. The summed E-state index contributed by atoms with van der Waals surface area (Å²) in [6.07, 6.45) is 1.61. The van der Waals surface area contributed by atoms with Crippen molar-refractivity contribution in [3.05, 3.63) is 23.8 Å². The van der Waals surface area contributed by atoms with E-state index in [2.05, 4.69) is 0 Å². The molecule has 19 heavy (non-hydrogen) atoms. The van der Waals surface area contributed by atoms with E-state index in [-0.39, 0.29) is 5.78 Å². The summed E-state index contributed by atoms with van der Waals surface area (Å²) in [5.41, 5.74) is -0.830. The molecule has 1 aromatic carbocycles. The Kier molecular flexibility index (Phi) is 2.69. The lowest BCUT2D eigenvalue weighted by molar-refractivity contribution is -0.141. The van der Waals surface area contributed by atoms with Crippen LogP contribution in [0.5, 0.6) is 11.5 Å². The first-order valence-corrected chi connectivity index (χ1v) is 6.31. The highest BCUT2D eigenvalue weighted by atomic mass is 16.5. The van der Waals surface area contributed by atoms with Crippen molar-refractivity contribution in [2.75, 3.05) is 13.2 Å². The van der Waals surface area contributed by atoms with E-state index in [0.29, 0.717) is 43.1 Å². The third-order valence-electron chi connectivity index (χ3n) is 3.60. The van der Waals surface area contributed by atoms with Crippen molar-refractivity contribution in [1.82, 2.24) is 0 Å². The second-order valence-electron chi connectivity index (χ2n) is 4.93. The third-order valence-corrected chi connectivity index (χ3v) is 3.60. The van der Waals surface area contributed by atoms with Crippen molar-refractivity contribution >= 4 is 11.8 Å². The van der Waals surface area contributed by atoms with Gasteiger partial charge in [0.05, 0.1) is 13.2 Å². The summed E-state index contributed by atoms with van der Waals surface area (Å²) in [4.78, 5) is 23.4. The molecule has 0 spiro atoms. The molecule has 0 unspecified atom stereocenters. The molecule has 0 atom stereocenters. The smallest absolute Gasteiger partial charge is 0.317 e. The lowest BCUT2D eigenvalue weighted by atomic mass is 9.94. The van der Waals surface area contributed by atoms with Crippen molar-refractivity contribution in [3.8, 4) is 11.5 Å². The molecule has 3 rings (SSSR count). The van der Waals surface area contributed by atoms with Gasteiger partial charge in [0, 0.05) is 12.0 Å². The molecular formula is C14H14O5. The maximum Gasteiger partial charge on any atom is 0.317 e. The van der Waals surface area contributed by atoms with Crippen LogP contribution in [-0.4, -0.2) is 30.1 Å². The van der Waals surface area contributed by atoms with Gasteiger partial charge in [-0.3, -0.25) is 9.59 Å². The van der Waals surface area contributed by atoms with E-state index in [1.807, 2.05) is 0 Å². The number of hydrogen-bond acceptors (Lipinski definition) is 4. The molecule has 0 bridgehead atoms. The lowest BCUT2D eigenvalue weighted by Gasteiger charge is -2.11. The summed E-state index contributed by atoms with van der Waals surface area (Å²) >= 11 is 0. The van der Waals surface area contributed by atoms with E-state index in [0.717, 1.165) is 6.42 Å². The number of carboxylic acid groups (broad SMARTS) is 1. The van der Waals surface area contributed by atoms with Crippen molar-refractivity contribution in [2.24, 2.45) is 5.41 Å². The third kappa shape index (κ3) is 1.95. The van der Waals surface area contributed by atoms with E-state index in [9.17, 15) is 9.59 Å². The van der Waals surface area contributed by atoms with Crippen LogP contribution < -0.4 is 9.47 Å². The molecule has 0 aromatic heterocycles. The number of ether oxygens (including phenoxy) is 2. The SMILES string of the molecule is O=C(O)C1(C(=O)c2ccc3c(c2)OCCCO3)CC1. The zero-order valence-electron chi connectivity index (χ0n) is 10.3. The van der Waals surface area contributed by atoms with Crippen molar-refractivity contribution in [1.29, 1.82) is 0 Å². The summed E-state index contributed by atoms with van der Waals surface area (Å²) in [6, 6.07) is 4.87. The Labute approximate surface area is 110 Å². The normalized spacial score (nSPS) is 19.4. The molecule has 2 aliphatic rings. The summed E-state index contributed by atoms with van der Waals surface area (Å²) in [5.74, 6) is -0.251. The van der Waals surface area contributed by atoms with Crippen LogP contribution in [0.3, 0.4) is 0 Å². The number of benzene rings is 1. The van der Waals surface area contributed by atoms with Crippen LogP contribution in [0.2, 0.25) is 0 Å². The minimum Gasteiger partial charge on any atom is -0.490 e. The van der Waals surface area contributed by atoms with E-state index in [1.165, 1.54) is 0 Å². The van der Waals surface area contributed by atoms with E-state index < -0.39 is 11.4 Å². The first-order chi connectivity index (χ1) is 9.13. The highest BCUT2D eigenvalue weighted by Gasteiger charge is 2.56. The van der Waals surface area contributed by atoms with Gasteiger partial charge in [-0.25, -0.2) is 0 Å². The van der Waals surface area contributed by atoms with Crippen molar-refractivity contribution in [3.63, 3.8) is 0 Å². The fourth-order valence-electron chi connectivity index (χ4n) is 2.24. The van der Waals surface area contributed by atoms with Crippen LogP contribution in [-0.2, 0) is 4.79 Å². The first kappa shape index (κ1) is 12.0. The van der Waals surface area contributed by atoms with Gasteiger partial charge in [0.2, 0.25) is 0 Å². The van der Waals surface area contributed by atoms with Gasteiger partial charge in [-0.2, -0.15) is 0 Å². The largest absolute Gasteiger partial charge is 0.490 e. The minimum atomic E-state index is -1.21. The zero-order valence-corrected chi connectivity index (χ0v) is 10.3. The molecule has 1 aromatic rings. The fourth-order valence-corrected chi connectivity index (χ4v) is 2.24. The molecule has 1 fully saturated rings. The van der Waals surface area contributed by atoms with Gasteiger partial charge in [-0.15, -0.1) is 0 Å². The van der Waals surface area contributed by atoms with Gasteiger partial charge in [0.25, 0.3) is 0 Å². The number of fused-ring (bicyclic) bond motifs is 1. The maximum absolute atomic E-state index is 12.3. The number of aliphatic carboxylic acids is 1. The van der Waals surface area contributed by atoms with Crippen LogP contribution in [0.1, 0.15) is 29.6 Å². The van der Waals surface area contributed by atoms with E-state index in [4.69, 9.17) is 14.6 Å². The van der Waals surface area contributed by atoms with Gasteiger partial charge >= 0.3 is 5.97 Å². The summed E-state index contributed by atoms with van der Waals surface area (Å²) in [6.45, 7) is 1.12. The van der Waals surface area contributed by atoms with E-state index >= 15 is 0 Å². The maximum atomic E-state index is 12.3. The monoisotopic (exact) mass is 262 g/mol. The Bertz CT molecular complexity index is 545. The van der Waals surface area contributed by atoms with Crippen LogP contribution in [0.25, 0.3) is 0 Å². The molecule has 5 heteroatoms. The Hall–Kier alpha value is -2.04. The molecule has 1 aliphatic carbocycles. The molecule has 1 aliphatic heterocycles. The Morgan fingerprint density at radius 3 is 2.42 bits per heavy atom. The van der Waals surface area contributed by atoms with Crippen LogP contribution >= 0.6 is 0 Å². The zero-order chi connectivity index (χ0) is 13.5. The number of Topliss-reactive ketones (excluding diaryl/α,β-unsaturated/α-hetero) is 1. The minimum absolute atomic E-state index is 0.337. The Morgan fingerprint density at radius 2 is 1.79 bits per heavy atom. The van der Waals surface area contributed by atoms with Gasteiger partial charge in [-0.1, -0.05) is 0 Å². The summed E-state index contributed by atoms with van der Waals surface area (Å²) in [7, 11) is 0. The standard InChI is InChI=1S/C14H14O5/c15-12(14(4-5-14)13(16)17)9-2-3-10-11(8-9)19-7-1-6-18-10/h2-3,8H,1,4-7H2,(H,16,17). The van der Waals surface area contributed by atoms with E-state index in [1.54, 1.807) is 18.2 Å². The molecule has 1 heterocycles. The highest BCUT2D eigenvalue weighted by molar-refractivity contribution is 6.14. The Morgan fingerprint density at radius 1 is 1.11 bits per heavy atom. The number of carbonyl (C=O) groups excluding carboxylic acids is 1. The average molecular weight is 262 g/mol. The lowest BCUT2D eigenvalue weighted by Crippen LogP contribution is -2.25. The molecule has 5 nitrogen and oxygen atoms in total. The number of ketones is 1. The topological polar surface area (TPSA) is 72.8 Å². The molecule has 0 radical (unpaired) electrons. The highest BCUT2D eigenvalue weighted by Crippen LogP contribution is 2.49. The van der Waals surface area contributed by atoms with Crippen LogP contribution in [0.15, 0.2) is 18.2 Å². The molecule has 0 saturated heterocycles. The number of rotatable bonds is 3. The van der Waals surface area contributed by atoms with Gasteiger partial charge < -0.3 is 14.6 Å². The first-order valence-electron chi connectivity index (χ1n) is 6.31. The van der Waals surface area contributed by atoms with Crippen LogP contribution in [0.4, 0.5) is 0 Å². The predicted molar refractivity (Wildman–Crippen MR) is 65.7 cm³/mol. The van der Waals surface area contributed by atoms with Gasteiger partial charge in [-0.05, 0) is 31.0 Å². The molecule has 1 saturated carbocycles. The van der Waals surface area contributed by atoms with Gasteiger partial charge in [0.1, 0.15) is 5.41 Å². The number of carbonyl (C=O) groups is 2. The van der Waals surface area contributed by atoms with Gasteiger partial charge in [0.15, 0.2) is 17.3 Å². The molecule has 1 N–H and O–H groups in total. The summed E-state index contributed by atoms with van der Waals surface area (Å²) < 4.78 is 11.0. The number of hydrogen-bond donors (Lipinski definition) is 1.